The zero-order chi connectivity index (χ0) is 14.6. The van der Waals surface area contributed by atoms with Crippen LogP contribution in [0.4, 0.5) is 5.69 Å². The Hall–Kier alpha value is -1.02. The van der Waals surface area contributed by atoms with Crippen molar-refractivity contribution in [2.24, 2.45) is 11.1 Å². The lowest BCUT2D eigenvalue weighted by Crippen LogP contribution is -2.39. The van der Waals surface area contributed by atoms with Gasteiger partial charge in [-0.3, -0.25) is 0 Å². The van der Waals surface area contributed by atoms with Gasteiger partial charge in [0.05, 0.1) is 0 Å². The quantitative estimate of drug-likeness (QED) is 0.882. The SMILES string of the molecule is CCC1(CC)CCN(c2ccc(CCN)c(C)c2)CC1. The predicted molar refractivity (Wildman–Crippen MR) is 88.4 cm³/mol. The number of benzene rings is 1. The number of nitrogens with two attached hydrogens (primary N) is 1. The van der Waals surface area contributed by atoms with Crippen LogP contribution in [-0.4, -0.2) is 19.6 Å². The molecule has 0 saturated carbocycles. The van der Waals surface area contributed by atoms with Crippen LogP contribution in [0.3, 0.4) is 0 Å². The van der Waals surface area contributed by atoms with Crippen LogP contribution in [0.25, 0.3) is 0 Å². The van der Waals surface area contributed by atoms with E-state index in [2.05, 4.69) is 43.9 Å². The number of hydrogen-bond acceptors (Lipinski definition) is 2. The fraction of sp³-hybridized carbons (Fsp3) is 0.667. The summed E-state index contributed by atoms with van der Waals surface area (Å²) in [4.78, 5) is 2.56. The molecule has 0 radical (unpaired) electrons. The Kier molecular flexibility index (Phi) is 5.09. The number of aryl methyl sites for hydroxylation is 1. The largest absolute Gasteiger partial charge is 0.371 e. The Morgan fingerprint density at radius 1 is 1.15 bits per heavy atom. The van der Waals surface area contributed by atoms with Crippen molar-refractivity contribution >= 4 is 5.69 Å². The standard InChI is InChI=1S/C18H30N2/c1-4-18(5-2)9-12-20(13-10-18)17-7-6-16(8-11-19)15(3)14-17/h6-7,14H,4-5,8-13,19H2,1-3H3. The van der Waals surface area contributed by atoms with Crippen LogP contribution in [0.2, 0.25) is 0 Å². The van der Waals surface area contributed by atoms with E-state index in [4.69, 9.17) is 5.73 Å². The molecule has 1 aromatic rings. The lowest BCUT2D eigenvalue weighted by molar-refractivity contribution is 0.199. The second kappa shape index (κ2) is 6.62. The molecule has 2 heteroatoms. The molecule has 2 nitrogen and oxygen atoms in total. The molecule has 0 aromatic heterocycles. The Bertz CT molecular complexity index is 425. The van der Waals surface area contributed by atoms with Gasteiger partial charge in [-0.2, -0.15) is 0 Å². The lowest BCUT2D eigenvalue weighted by Gasteiger charge is -2.42. The van der Waals surface area contributed by atoms with Crippen molar-refractivity contribution in [3.8, 4) is 0 Å². The first-order valence-electron chi connectivity index (χ1n) is 8.18. The molecule has 2 rings (SSSR count). The molecule has 0 amide bonds. The average molecular weight is 274 g/mol. The Morgan fingerprint density at radius 3 is 2.30 bits per heavy atom. The average Bonchev–Trinajstić information content (AvgIpc) is 2.49. The molecular formula is C18H30N2. The summed E-state index contributed by atoms with van der Waals surface area (Å²) in [5.74, 6) is 0. The Morgan fingerprint density at radius 2 is 1.80 bits per heavy atom. The minimum absolute atomic E-state index is 0.602. The monoisotopic (exact) mass is 274 g/mol. The minimum Gasteiger partial charge on any atom is -0.371 e. The van der Waals surface area contributed by atoms with E-state index in [1.807, 2.05) is 0 Å². The van der Waals surface area contributed by atoms with E-state index >= 15 is 0 Å². The summed E-state index contributed by atoms with van der Waals surface area (Å²) in [6.07, 6.45) is 6.31. The van der Waals surface area contributed by atoms with Crippen LogP contribution < -0.4 is 10.6 Å². The van der Waals surface area contributed by atoms with E-state index in [0.717, 1.165) is 13.0 Å². The molecule has 1 aromatic carbocycles. The minimum atomic E-state index is 0.602. The molecule has 0 spiro atoms. The van der Waals surface area contributed by atoms with Gasteiger partial charge >= 0.3 is 0 Å². The third-order valence-corrected chi connectivity index (χ3v) is 5.43. The van der Waals surface area contributed by atoms with E-state index in [-0.39, 0.29) is 0 Å². The maximum atomic E-state index is 5.66. The van der Waals surface area contributed by atoms with Gasteiger partial charge in [0.25, 0.3) is 0 Å². The van der Waals surface area contributed by atoms with Gasteiger partial charge in [0, 0.05) is 18.8 Å². The maximum absolute atomic E-state index is 5.66. The molecule has 0 unspecified atom stereocenters. The third-order valence-electron chi connectivity index (χ3n) is 5.43. The molecule has 0 bridgehead atoms. The molecule has 0 atom stereocenters. The molecule has 2 N–H and O–H groups in total. The summed E-state index contributed by atoms with van der Waals surface area (Å²) in [7, 11) is 0. The van der Waals surface area contributed by atoms with Crippen LogP contribution >= 0.6 is 0 Å². The van der Waals surface area contributed by atoms with Gasteiger partial charge in [-0.05, 0) is 61.4 Å². The van der Waals surface area contributed by atoms with Crippen molar-refractivity contribution in [1.82, 2.24) is 0 Å². The first-order chi connectivity index (χ1) is 9.64. The summed E-state index contributed by atoms with van der Waals surface area (Å²) in [5.41, 5.74) is 10.4. The van der Waals surface area contributed by atoms with Crippen LogP contribution in [0.5, 0.6) is 0 Å². The smallest absolute Gasteiger partial charge is 0.0369 e. The van der Waals surface area contributed by atoms with Gasteiger partial charge in [0.15, 0.2) is 0 Å². The van der Waals surface area contributed by atoms with Gasteiger partial charge in [0.2, 0.25) is 0 Å². The van der Waals surface area contributed by atoms with E-state index in [1.54, 1.807) is 0 Å². The highest BCUT2D eigenvalue weighted by Gasteiger charge is 2.31. The molecule has 1 fully saturated rings. The first kappa shape index (κ1) is 15.4. The number of anilines is 1. The van der Waals surface area contributed by atoms with Crippen LogP contribution in [0.15, 0.2) is 18.2 Å². The van der Waals surface area contributed by atoms with Gasteiger partial charge in [-0.15, -0.1) is 0 Å². The van der Waals surface area contributed by atoms with E-state index < -0.39 is 0 Å². The summed E-state index contributed by atoms with van der Waals surface area (Å²) in [5, 5.41) is 0. The molecule has 20 heavy (non-hydrogen) atoms. The van der Waals surface area contributed by atoms with Crippen molar-refractivity contribution in [3.63, 3.8) is 0 Å². The zero-order valence-electron chi connectivity index (χ0n) is 13.4. The molecule has 112 valence electrons. The van der Waals surface area contributed by atoms with Gasteiger partial charge in [-0.25, -0.2) is 0 Å². The Balaban J connectivity index is 2.05. The van der Waals surface area contributed by atoms with Crippen LogP contribution in [-0.2, 0) is 6.42 Å². The van der Waals surface area contributed by atoms with Gasteiger partial charge in [0.1, 0.15) is 0 Å². The summed E-state index contributed by atoms with van der Waals surface area (Å²) < 4.78 is 0. The second-order valence-corrected chi connectivity index (χ2v) is 6.34. The molecule has 1 heterocycles. The molecule has 1 saturated heterocycles. The number of nitrogens with zero attached hydrogens (tertiary/aromatic N) is 1. The summed E-state index contributed by atoms with van der Waals surface area (Å²) >= 11 is 0. The first-order valence-corrected chi connectivity index (χ1v) is 8.18. The summed E-state index contributed by atoms with van der Waals surface area (Å²) in [6, 6.07) is 6.89. The van der Waals surface area contributed by atoms with Crippen molar-refractivity contribution in [1.29, 1.82) is 0 Å². The van der Waals surface area contributed by atoms with E-state index in [1.165, 1.54) is 55.6 Å². The molecule has 1 aliphatic heterocycles. The fourth-order valence-corrected chi connectivity index (χ4v) is 3.51. The molecule has 0 aliphatic carbocycles. The van der Waals surface area contributed by atoms with E-state index in [0.29, 0.717) is 5.41 Å². The topological polar surface area (TPSA) is 29.3 Å². The third kappa shape index (κ3) is 3.17. The van der Waals surface area contributed by atoms with Crippen molar-refractivity contribution in [3.05, 3.63) is 29.3 Å². The van der Waals surface area contributed by atoms with Crippen molar-refractivity contribution < 1.29 is 0 Å². The van der Waals surface area contributed by atoms with Gasteiger partial charge in [-0.1, -0.05) is 32.8 Å². The van der Waals surface area contributed by atoms with E-state index in [9.17, 15) is 0 Å². The van der Waals surface area contributed by atoms with Crippen molar-refractivity contribution in [2.75, 3.05) is 24.5 Å². The van der Waals surface area contributed by atoms with Gasteiger partial charge < -0.3 is 10.6 Å². The number of hydrogen-bond donors (Lipinski definition) is 1. The highest BCUT2D eigenvalue weighted by molar-refractivity contribution is 5.51. The lowest BCUT2D eigenvalue weighted by atomic mass is 9.74. The maximum Gasteiger partial charge on any atom is 0.0369 e. The highest BCUT2D eigenvalue weighted by atomic mass is 15.1. The molecule has 1 aliphatic rings. The van der Waals surface area contributed by atoms with Crippen LogP contribution in [0.1, 0.15) is 50.7 Å². The number of piperidine rings is 1. The summed E-state index contributed by atoms with van der Waals surface area (Å²) in [6.45, 7) is 10.1. The van der Waals surface area contributed by atoms with Crippen molar-refractivity contribution in [2.45, 2.75) is 52.9 Å². The fourth-order valence-electron chi connectivity index (χ4n) is 3.51. The highest BCUT2D eigenvalue weighted by Crippen LogP contribution is 2.39. The molecular weight excluding hydrogens is 244 g/mol. The van der Waals surface area contributed by atoms with Crippen LogP contribution in [0, 0.1) is 12.3 Å². The second-order valence-electron chi connectivity index (χ2n) is 6.34. The Labute approximate surface area is 124 Å². The normalized spacial score (nSPS) is 18.3. The zero-order valence-corrected chi connectivity index (χ0v) is 13.4. The number of rotatable bonds is 5. The predicted octanol–water partition coefficient (Wildman–Crippen LogP) is 3.90.